The van der Waals surface area contributed by atoms with Crippen LogP contribution in [0.15, 0.2) is 0 Å². The zero-order chi connectivity index (χ0) is 71.9. The molecule has 0 aromatic heterocycles. The number of aliphatic hydroxyl groups is 1. The van der Waals surface area contributed by atoms with Crippen LogP contribution in [-0.2, 0) is 65.4 Å². The fraction of sp³-hybridized carbons (Fsp3) is 0.949. The number of ether oxygens (including phenoxy) is 4. The summed E-state index contributed by atoms with van der Waals surface area (Å²) in [5.74, 6) is -1.32. The van der Waals surface area contributed by atoms with E-state index in [1.54, 1.807) is 0 Å². The first-order valence-electron chi connectivity index (χ1n) is 41.1. The summed E-state index contributed by atoms with van der Waals surface area (Å²) in [6.45, 7) is 7.31. The molecule has 17 nitrogen and oxygen atoms in total. The van der Waals surface area contributed by atoms with Crippen molar-refractivity contribution in [3.63, 3.8) is 0 Å². The molecule has 0 rings (SSSR count). The summed E-state index contributed by atoms with van der Waals surface area (Å²) in [5.41, 5.74) is 0. The SMILES string of the molecule is CCCCCCCCCCCCCCCCCCCCCCCC(=O)O[C@H](COC(=O)CCCCCCCCCCCCCCCC(C)C)COP(=O)(O)OC[C@@H](O)COP(=O)(O)OC[C@@H](COC(=O)CCCCCCCCCCC)OC(=O)CCCCCCCCCCCCCC. The van der Waals surface area contributed by atoms with Crippen molar-refractivity contribution in [2.75, 3.05) is 39.6 Å². The van der Waals surface area contributed by atoms with Gasteiger partial charge in [0.05, 0.1) is 26.4 Å². The number of phosphoric acid groups is 2. The van der Waals surface area contributed by atoms with E-state index in [9.17, 15) is 43.2 Å². The Kier molecular flexibility index (Phi) is 70.6. The predicted octanol–water partition coefficient (Wildman–Crippen LogP) is 23.6. The lowest BCUT2D eigenvalue weighted by Gasteiger charge is -2.21. The first-order chi connectivity index (χ1) is 47.5. The van der Waals surface area contributed by atoms with Crippen LogP contribution in [0.25, 0.3) is 0 Å². The standard InChI is InChI=1S/C79H154O17P2/c1-6-9-12-15-18-21-23-25-26-27-28-29-30-31-32-35-40-45-50-55-60-65-79(84)96-75(69-90-77(82)63-58-53-48-43-39-36-33-34-37-42-46-51-56-61-72(4)5)71-94-98(87,88)92-67-73(80)66-91-97(85,86)93-70-74(68-89-76(81)62-57-52-47-41-20-17-14-11-8-3)95-78(83)64-59-54-49-44-38-24-22-19-16-13-10-7-2/h72-75,80H,6-71H2,1-5H3,(H,85,86)(H,87,88)/t73-,74+,75+/m0/s1. The summed E-state index contributed by atoms with van der Waals surface area (Å²) in [5, 5.41) is 10.6. The number of esters is 4. The minimum Gasteiger partial charge on any atom is -0.462 e. The van der Waals surface area contributed by atoms with Crippen molar-refractivity contribution < 1.29 is 80.2 Å². The number of hydrogen-bond donors (Lipinski definition) is 3. The summed E-state index contributed by atoms with van der Waals surface area (Å²) in [7, 11) is -9.91. The zero-order valence-corrected chi connectivity index (χ0v) is 65.7. The summed E-state index contributed by atoms with van der Waals surface area (Å²) in [6, 6.07) is 0. The molecule has 0 aromatic carbocycles. The quantitative estimate of drug-likeness (QED) is 0.0222. The molecule has 0 radical (unpaired) electrons. The number of carbonyl (C=O) groups excluding carboxylic acids is 4. The highest BCUT2D eigenvalue weighted by atomic mass is 31.2. The molecule has 0 spiro atoms. The van der Waals surface area contributed by atoms with Gasteiger partial charge in [0.1, 0.15) is 19.3 Å². The number of hydrogen-bond acceptors (Lipinski definition) is 15. The van der Waals surface area contributed by atoms with Gasteiger partial charge in [-0.15, -0.1) is 0 Å². The lowest BCUT2D eigenvalue weighted by atomic mass is 10.0. The van der Waals surface area contributed by atoms with Crippen molar-refractivity contribution in [2.45, 2.75) is 438 Å². The first-order valence-corrected chi connectivity index (χ1v) is 44.1. The van der Waals surface area contributed by atoms with Crippen molar-refractivity contribution in [1.29, 1.82) is 0 Å². The molecule has 3 N–H and O–H groups in total. The monoisotopic (exact) mass is 1440 g/mol. The second-order valence-corrected chi connectivity index (χ2v) is 31.8. The highest BCUT2D eigenvalue weighted by Gasteiger charge is 2.30. The van der Waals surface area contributed by atoms with Gasteiger partial charge in [-0.1, -0.05) is 369 Å². The predicted molar refractivity (Wildman–Crippen MR) is 400 cm³/mol. The van der Waals surface area contributed by atoms with Crippen LogP contribution in [0.2, 0.25) is 0 Å². The van der Waals surface area contributed by atoms with E-state index in [0.717, 1.165) is 95.8 Å². The molecule has 5 atom stereocenters. The molecule has 2 unspecified atom stereocenters. The number of rotatable bonds is 79. The number of aliphatic hydroxyl groups excluding tert-OH is 1. The van der Waals surface area contributed by atoms with Crippen molar-refractivity contribution in [1.82, 2.24) is 0 Å². The topological polar surface area (TPSA) is 237 Å². The van der Waals surface area contributed by atoms with E-state index >= 15 is 0 Å². The largest absolute Gasteiger partial charge is 0.472 e. The summed E-state index contributed by atoms with van der Waals surface area (Å²) >= 11 is 0. The maximum Gasteiger partial charge on any atom is 0.472 e. The van der Waals surface area contributed by atoms with Crippen molar-refractivity contribution in [2.24, 2.45) is 5.92 Å². The molecule has 0 fully saturated rings. The first kappa shape index (κ1) is 96.1. The molecule has 98 heavy (non-hydrogen) atoms. The van der Waals surface area contributed by atoms with Crippen LogP contribution >= 0.6 is 15.6 Å². The highest BCUT2D eigenvalue weighted by Crippen LogP contribution is 2.45. The van der Waals surface area contributed by atoms with Gasteiger partial charge in [0.15, 0.2) is 12.2 Å². The second-order valence-electron chi connectivity index (χ2n) is 28.9. The van der Waals surface area contributed by atoms with Gasteiger partial charge in [0.2, 0.25) is 0 Å². The maximum atomic E-state index is 13.1. The molecular formula is C79H154O17P2. The average Bonchev–Trinajstić information content (AvgIpc) is 0.988. The smallest absolute Gasteiger partial charge is 0.462 e. The van der Waals surface area contributed by atoms with E-state index in [-0.39, 0.29) is 25.7 Å². The number of phosphoric ester groups is 2. The molecule has 0 saturated heterocycles. The lowest BCUT2D eigenvalue weighted by molar-refractivity contribution is -0.161. The molecule has 19 heteroatoms. The van der Waals surface area contributed by atoms with Crippen molar-refractivity contribution in [3.8, 4) is 0 Å². The van der Waals surface area contributed by atoms with Crippen molar-refractivity contribution in [3.05, 3.63) is 0 Å². The van der Waals surface area contributed by atoms with Gasteiger partial charge >= 0.3 is 39.5 Å². The van der Waals surface area contributed by atoms with Gasteiger partial charge in [0, 0.05) is 25.7 Å². The van der Waals surface area contributed by atoms with Gasteiger partial charge in [-0.2, -0.15) is 0 Å². The van der Waals surface area contributed by atoms with E-state index < -0.39 is 97.5 Å². The van der Waals surface area contributed by atoms with Gasteiger partial charge in [-0.3, -0.25) is 37.3 Å². The maximum absolute atomic E-state index is 13.1. The number of unbranched alkanes of at least 4 members (excludes halogenated alkanes) is 51. The van der Waals surface area contributed by atoms with Gasteiger partial charge in [0.25, 0.3) is 0 Å². The molecule has 0 heterocycles. The summed E-state index contributed by atoms with van der Waals surface area (Å²) in [4.78, 5) is 72.9. The van der Waals surface area contributed by atoms with Gasteiger partial charge < -0.3 is 33.8 Å². The fourth-order valence-corrected chi connectivity index (χ4v) is 13.8. The minimum atomic E-state index is -4.96. The summed E-state index contributed by atoms with van der Waals surface area (Å²) in [6.07, 6.45) is 62.5. The second kappa shape index (κ2) is 72.0. The van der Waals surface area contributed by atoms with Crippen LogP contribution in [0.4, 0.5) is 0 Å². The third kappa shape index (κ3) is 72.4. The normalized spacial score (nSPS) is 13.9. The molecule has 0 aliphatic carbocycles. The minimum absolute atomic E-state index is 0.108. The van der Waals surface area contributed by atoms with Crippen LogP contribution in [0.3, 0.4) is 0 Å². The van der Waals surface area contributed by atoms with Gasteiger partial charge in [-0.25, -0.2) is 9.13 Å². The third-order valence-electron chi connectivity index (χ3n) is 18.5. The van der Waals surface area contributed by atoms with E-state index in [4.69, 9.17) is 37.0 Å². The molecule has 0 saturated carbocycles. The molecule has 0 amide bonds. The Labute approximate surface area is 600 Å². The van der Waals surface area contributed by atoms with E-state index in [1.165, 1.54) is 244 Å². The molecule has 0 aliphatic rings. The summed E-state index contributed by atoms with van der Waals surface area (Å²) < 4.78 is 68.6. The Bertz CT molecular complexity index is 1870. The van der Waals surface area contributed by atoms with E-state index in [0.29, 0.717) is 25.7 Å². The Hall–Kier alpha value is -1.94. The zero-order valence-electron chi connectivity index (χ0n) is 63.9. The highest BCUT2D eigenvalue weighted by molar-refractivity contribution is 7.47. The third-order valence-corrected chi connectivity index (χ3v) is 20.4. The van der Waals surface area contributed by atoms with Crippen LogP contribution in [0.1, 0.15) is 420 Å². The molecule has 0 bridgehead atoms. The lowest BCUT2D eigenvalue weighted by Crippen LogP contribution is -2.30. The Morgan fingerprint density at radius 1 is 0.276 bits per heavy atom. The van der Waals surface area contributed by atoms with Crippen LogP contribution in [0.5, 0.6) is 0 Å². The average molecular weight is 1440 g/mol. The van der Waals surface area contributed by atoms with Crippen LogP contribution in [-0.4, -0.2) is 96.7 Å². The molecular weight excluding hydrogens is 1280 g/mol. The van der Waals surface area contributed by atoms with Gasteiger partial charge in [-0.05, 0) is 31.6 Å². The van der Waals surface area contributed by atoms with Crippen molar-refractivity contribution >= 4 is 39.5 Å². The van der Waals surface area contributed by atoms with E-state index in [1.807, 2.05) is 0 Å². The molecule has 582 valence electrons. The fourth-order valence-electron chi connectivity index (χ4n) is 12.2. The Morgan fingerprint density at radius 2 is 0.469 bits per heavy atom. The molecule has 0 aromatic rings. The van der Waals surface area contributed by atoms with E-state index in [2.05, 4.69) is 34.6 Å². The molecule has 0 aliphatic heterocycles. The van der Waals surface area contributed by atoms with Crippen LogP contribution < -0.4 is 0 Å². The number of carbonyl (C=O) groups is 4. The Morgan fingerprint density at radius 3 is 0.694 bits per heavy atom. The Balaban J connectivity index is 5.20. The van der Waals surface area contributed by atoms with Crippen LogP contribution in [0, 0.1) is 5.92 Å².